The van der Waals surface area contributed by atoms with Crippen LogP contribution in [0.2, 0.25) is 0 Å². The average Bonchev–Trinajstić information content (AvgIpc) is 3.30. The van der Waals surface area contributed by atoms with Crippen LogP contribution in [-0.4, -0.2) is 60.0 Å². The van der Waals surface area contributed by atoms with Crippen molar-refractivity contribution in [1.29, 1.82) is 0 Å². The molecule has 1 amide bonds. The first-order valence-electron chi connectivity index (χ1n) is 9.56. The van der Waals surface area contributed by atoms with Gasteiger partial charge in [-0.25, -0.2) is 13.9 Å². The molecular weight excluding hydrogens is 365 g/mol. The van der Waals surface area contributed by atoms with Gasteiger partial charge in [0.2, 0.25) is 0 Å². The maximum atomic E-state index is 14.8. The maximum absolute atomic E-state index is 14.8. The monoisotopic (exact) mass is 387 g/mol. The molecule has 1 atom stereocenters. The molecule has 1 aromatic heterocycles. The summed E-state index contributed by atoms with van der Waals surface area (Å²) in [7, 11) is 0. The van der Waals surface area contributed by atoms with E-state index in [0.717, 1.165) is 39.1 Å². The van der Waals surface area contributed by atoms with Crippen molar-refractivity contribution >= 4 is 17.5 Å². The highest BCUT2D eigenvalue weighted by Crippen LogP contribution is 2.40. The number of anilines is 2. The predicted octanol–water partition coefficient (Wildman–Crippen LogP) is 2.06. The Hall–Kier alpha value is -2.68. The number of hydrogen-bond donors (Lipinski definition) is 0. The zero-order valence-corrected chi connectivity index (χ0v) is 15.5. The van der Waals surface area contributed by atoms with Crippen LogP contribution in [0.3, 0.4) is 0 Å². The van der Waals surface area contributed by atoms with Gasteiger partial charge in [0.05, 0.1) is 43.9 Å². The molecule has 1 unspecified atom stereocenters. The van der Waals surface area contributed by atoms with Crippen LogP contribution in [0, 0.1) is 11.2 Å². The fourth-order valence-corrected chi connectivity index (χ4v) is 4.19. The van der Waals surface area contributed by atoms with Crippen LogP contribution in [0.15, 0.2) is 30.6 Å². The Morgan fingerprint density at radius 2 is 2.07 bits per heavy atom. The third kappa shape index (κ3) is 3.09. The number of hydrogen-bond acceptors (Lipinski definition) is 6. The van der Waals surface area contributed by atoms with Gasteiger partial charge in [-0.05, 0) is 31.0 Å². The molecule has 3 fully saturated rings. The van der Waals surface area contributed by atoms with Gasteiger partial charge in [-0.1, -0.05) is 5.21 Å². The molecule has 2 aromatic rings. The molecule has 0 saturated carbocycles. The van der Waals surface area contributed by atoms with Crippen molar-refractivity contribution in [3.8, 4) is 0 Å². The number of carbonyl (C=O) groups excluding carboxylic acids is 1. The normalized spacial score (nSPS) is 23.8. The van der Waals surface area contributed by atoms with Gasteiger partial charge in [0.25, 0.3) is 0 Å². The van der Waals surface area contributed by atoms with E-state index >= 15 is 0 Å². The van der Waals surface area contributed by atoms with Crippen LogP contribution in [0.25, 0.3) is 0 Å². The largest absolute Gasteiger partial charge is 0.442 e. The minimum atomic E-state index is -0.470. The highest BCUT2D eigenvalue weighted by molar-refractivity contribution is 5.90. The summed E-state index contributed by atoms with van der Waals surface area (Å²) in [4.78, 5) is 15.8. The number of aromatic nitrogens is 3. The molecule has 8 nitrogen and oxygen atoms in total. The third-order valence-corrected chi connectivity index (χ3v) is 5.96. The van der Waals surface area contributed by atoms with Crippen molar-refractivity contribution < 1.29 is 18.7 Å². The molecule has 5 rings (SSSR count). The Labute approximate surface area is 161 Å². The van der Waals surface area contributed by atoms with E-state index in [2.05, 4.69) is 15.2 Å². The molecule has 148 valence electrons. The molecule has 9 heteroatoms. The lowest BCUT2D eigenvalue weighted by atomic mass is 9.77. The number of cyclic esters (lactones) is 1. The van der Waals surface area contributed by atoms with E-state index in [0.29, 0.717) is 29.9 Å². The predicted molar refractivity (Wildman–Crippen MR) is 98.7 cm³/mol. The number of ether oxygens (including phenoxy) is 2. The number of amides is 1. The molecule has 0 aliphatic carbocycles. The van der Waals surface area contributed by atoms with E-state index < -0.39 is 6.09 Å². The Balaban J connectivity index is 1.26. The van der Waals surface area contributed by atoms with Gasteiger partial charge >= 0.3 is 6.09 Å². The van der Waals surface area contributed by atoms with Crippen LogP contribution in [0.4, 0.5) is 20.6 Å². The lowest BCUT2D eigenvalue weighted by Crippen LogP contribution is -2.51. The summed E-state index contributed by atoms with van der Waals surface area (Å²) in [5.41, 5.74) is 1.41. The first kappa shape index (κ1) is 17.4. The highest BCUT2D eigenvalue weighted by atomic mass is 19.1. The smallest absolute Gasteiger partial charge is 0.414 e. The molecule has 28 heavy (non-hydrogen) atoms. The number of nitrogens with zero attached hydrogens (tertiary/aromatic N) is 5. The highest BCUT2D eigenvalue weighted by Gasteiger charge is 2.41. The van der Waals surface area contributed by atoms with Gasteiger partial charge in [0.1, 0.15) is 11.9 Å². The van der Waals surface area contributed by atoms with E-state index in [1.54, 1.807) is 29.2 Å². The van der Waals surface area contributed by atoms with E-state index in [4.69, 9.17) is 9.47 Å². The Morgan fingerprint density at radius 3 is 2.71 bits per heavy atom. The van der Waals surface area contributed by atoms with E-state index in [1.807, 2.05) is 0 Å². The number of rotatable bonds is 4. The Kier molecular flexibility index (Phi) is 4.19. The zero-order chi connectivity index (χ0) is 19.1. The van der Waals surface area contributed by atoms with Gasteiger partial charge < -0.3 is 14.4 Å². The molecule has 0 bridgehead atoms. The van der Waals surface area contributed by atoms with E-state index in [1.165, 1.54) is 11.0 Å². The molecule has 0 N–H and O–H groups in total. The molecule has 3 aliphatic rings. The second kappa shape index (κ2) is 6.73. The second-order valence-electron chi connectivity index (χ2n) is 7.86. The van der Waals surface area contributed by atoms with Gasteiger partial charge in [-0.2, -0.15) is 0 Å². The Morgan fingerprint density at radius 1 is 1.25 bits per heavy atom. The zero-order valence-electron chi connectivity index (χ0n) is 15.5. The van der Waals surface area contributed by atoms with Crippen molar-refractivity contribution in [2.45, 2.75) is 25.5 Å². The maximum Gasteiger partial charge on any atom is 0.414 e. The first-order chi connectivity index (χ1) is 13.6. The second-order valence-corrected chi connectivity index (χ2v) is 7.86. The number of halogens is 1. The van der Waals surface area contributed by atoms with Gasteiger partial charge in [0.15, 0.2) is 0 Å². The molecule has 1 spiro atoms. The molecule has 1 aromatic carbocycles. The molecule has 3 saturated heterocycles. The summed E-state index contributed by atoms with van der Waals surface area (Å²) < 4.78 is 27.2. The summed E-state index contributed by atoms with van der Waals surface area (Å²) in [5.74, 6) is -0.314. The molecule has 3 aliphatic heterocycles. The SMILES string of the molecule is O=C1OC(Cn2ccnn2)CN1c1ccc(N2CCC3(CC2)COC3)c(F)c1. The standard InChI is InChI=1S/C19H22FN5O3/c20-16-9-14(25-11-15(28-18(25)26)10-24-8-5-21-22-24)1-2-17(16)23-6-3-19(4-7-23)12-27-13-19/h1-2,5,8-9,15H,3-4,6-7,10-13H2. The number of benzene rings is 1. The van der Waals surface area contributed by atoms with E-state index in [-0.39, 0.29) is 11.9 Å². The first-order valence-corrected chi connectivity index (χ1v) is 9.56. The van der Waals surface area contributed by atoms with E-state index in [9.17, 15) is 9.18 Å². The fourth-order valence-electron chi connectivity index (χ4n) is 4.19. The van der Waals surface area contributed by atoms with Crippen molar-refractivity contribution in [3.63, 3.8) is 0 Å². The van der Waals surface area contributed by atoms with Crippen LogP contribution in [0.1, 0.15) is 12.8 Å². The molecule has 0 radical (unpaired) electrons. The lowest BCUT2D eigenvalue weighted by molar-refractivity contribution is -0.124. The summed E-state index contributed by atoms with van der Waals surface area (Å²) in [6, 6.07) is 4.97. The van der Waals surface area contributed by atoms with Crippen molar-refractivity contribution in [3.05, 3.63) is 36.4 Å². The summed E-state index contributed by atoms with van der Waals surface area (Å²) >= 11 is 0. The van der Waals surface area contributed by atoms with Crippen LogP contribution < -0.4 is 9.80 Å². The van der Waals surface area contributed by atoms with Gasteiger partial charge in [0, 0.05) is 24.7 Å². The fraction of sp³-hybridized carbons (Fsp3) is 0.526. The number of carbonyl (C=O) groups is 1. The third-order valence-electron chi connectivity index (χ3n) is 5.96. The van der Waals surface area contributed by atoms with Crippen molar-refractivity contribution in [1.82, 2.24) is 15.0 Å². The van der Waals surface area contributed by atoms with Gasteiger partial charge in [-0.15, -0.1) is 5.10 Å². The number of piperidine rings is 1. The minimum Gasteiger partial charge on any atom is -0.442 e. The topological polar surface area (TPSA) is 72.7 Å². The van der Waals surface area contributed by atoms with Gasteiger partial charge in [-0.3, -0.25) is 4.90 Å². The van der Waals surface area contributed by atoms with Crippen molar-refractivity contribution in [2.24, 2.45) is 5.41 Å². The quantitative estimate of drug-likeness (QED) is 0.800. The van der Waals surface area contributed by atoms with Crippen LogP contribution in [0.5, 0.6) is 0 Å². The summed E-state index contributed by atoms with van der Waals surface area (Å²) in [6.45, 7) is 4.08. The Bertz CT molecular complexity index is 860. The minimum absolute atomic E-state index is 0.311. The lowest BCUT2D eigenvalue weighted by Gasteiger charge is -2.47. The molecule has 4 heterocycles. The molecular formula is C19H22FN5O3. The van der Waals surface area contributed by atoms with Crippen LogP contribution in [-0.2, 0) is 16.0 Å². The average molecular weight is 387 g/mol. The summed E-state index contributed by atoms with van der Waals surface area (Å²) in [6.07, 6.45) is 4.52. The van der Waals surface area contributed by atoms with Crippen molar-refractivity contribution in [2.75, 3.05) is 42.6 Å². The van der Waals surface area contributed by atoms with Crippen LogP contribution >= 0.6 is 0 Å². The summed E-state index contributed by atoms with van der Waals surface area (Å²) in [5, 5.41) is 7.63.